The van der Waals surface area contributed by atoms with E-state index in [4.69, 9.17) is 33.2 Å². The smallest absolute Gasteiger partial charge is 0.409 e. The van der Waals surface area contributed by atoms with Gasteiger partial charge in [0.05, 0.1) is 21.9 Å². The van der Waals surface area contributed by atoms with Gasteiger partial charge in [0.25, 0.3) is 5.56 Å². The van der Waals surface area contributed by atoms with Gasteiger partial charge in [-0.05, 0) is 23.8 Å². The minimum Gasteiger partial charge on any atom is -0.453 e. The van der Waals surface area contributed by atoms with Crippen molar-refractivity contribution in [1.82, 2.24) is 30.0 Å². The Hall–Kier alpha value is -3.86. The first-order valence-electron chi connectivity index (χ1n) is 10.9. The van der Waals surface area contributed by atoms with E-state index in [0.29, 0.717) is 10.9 Å². The third kappa shape index (κ3) is 4.30. The number of halogens is 5. The van der Waals surface area contributed by atoms with E-state index >= 15 is 0 Å². The number of aromatic nitrogens is 5. The highest BCUT2D eigenvalue weighted by Gasteiger charge is 2.48. The number of fused-ring (bicyclic) bond motifs is 3. The molecule has 0 fully saturated rings. The van der Waals surface area contributed by atoms with Crippen LogP contribution in [0.25, 0.3) is 16.7 Å². The Morgan fingerprint density at radius 2 is 1.87 bits per heavy atom. The van der Waals surface area contributed by atoms with Crippen molar-refractivity contribution >= 4 is 34.2 Å². The summed E-state index contributed by atoms with van der Waals surface area (Å²) in [5.41, 5.74) is -2.29. The van der Waals surface area contributed by atoms with Gasteiger partial charge in [0, 0.05) is 23.0 Å². The van der Waals surface area contributed by atoms with Crippen LogP contribution < -0.4 is 21.3 Å². The lowest BCUT2D eigenvalue weighted by Crippen LogP contribution is -2.46. The van der Waals surface area contributed by atoms with Crippen LogP contribution in [0.15, 0.2) is 34.0 Å². The summed E-state index contributed by atoms with van der Waals surface area (Å²) in [5.74, 6) is 0.134. The van der Waals surface area contributed by atoms with E-state index in [2.05, 4.69) is 20.4 Å². The second-order valence-corrected chi connectivity index (χ2v) is 10.0. The number of hydrogen-bond acceptors (Lipinski definition) is 7. The van der Waals surface area contributed by atoms with Gasteiger partial charge >= 0.3 is 11.9 Å². The largest absolute Gasteiger partial charge is 0.453 e. The Morgan fingerprint density at radius 1 is 1.18 bits per heavy atom. The molecule has 0 radical (unpaired) electrons. The van der Waals surface area contributed by atoms with Gasteiger partial charge in [0.2, 0.25) is 5.69 Å². The predicted molar refractivity (Wildman–Crippen MR) is 131 cm³/mol. The minimum absolute atomic E-state index is 0.00981. The molecule has 5 rings (SSSR count). The van der Waals surface area contributed by atoms with E-state index < -0.39 is 34.6 Å². The number of nitriles is 1. The van der Waals surface area contributed by atoms with Crippen molar-refractivity contribution in [3.63, 3.8) is 0 Å². The molecule has 0 bridgehead atoms. The summed E-state index contributed by atoms with van der Waals surface area (Å²) >= 11 is 12.7. The zero-order chi connectivity index (χ0) is 27.6. The SMILES string of the molecule is CC1(C)CNC(C(F)(F)F)c2[nH]c3ncc(Oc4c(Cl)cc(-n5nc(C#N)c(=O)[nH]c5=O)cc4Cl)cc3c21. The number of H-pyrrole nitrogens is 2. The maximum atomic E-state index is 13.7. The zero-order valence-electron chi connectivity index (χ0n) is 19.5. The molecule has 196 valence electrons. The summed E-state index contributed by atoms with van der Waals surface area (Å²) in [6.07, 6.45) is -3.20. The fourth-order valence-corrected chi connectivity index (χ4v) is 4.98. The van der Waals surface area contributed by atoms with Gasteiger partial charge in [-0.25, -0.2) is 9.78 Å². The summed E-state index contributed by atoms with van der Waals surface area (Å²) in [4.78, 5) is 32.8. The van der Waals surface area contributed by atoms with Crippen LogP contribution in [0.5, 0.6) is 11.5 Å². The standard InChI is InChI=1S/C23H16Cl2F3N7O3/c1-22(2)8-31-18(23(26,27)28)16-15(22)11-5-10(7-30-19(11)32-16)38-17-12(24)3-9(4-13(17)25)35-21(37)33-20(36)14(6-29)34-35/h3-5,7,18,31H,8H2,1-2H3,(H,30,32)(H,33,36,37). The van der Waals surface area contributed by atoms with Crippen LogP contribution in [0.2, 0.25) is 10.0 Å². The summed E-state index contributed by atoms with van der Waals surface area (Å²) in [6.45, 7) is 3.74. The maximum Gasteiger partial charge on any atom is 0.409 e. The molecule has 0 aliphatic carbocycles. The molecule has 4 heterocycles. The highest BCUT2D eigenvalue weighted by atomic mass is 35.5. The Labute approximate surface area is 221 Å². The zero-order valence-corrected chi connectivity index (χ0v) is 21.0. The van der Waals surface area contributed by atoms with Gasteiger partial charge in [-0.1, -0.05) is 37.0 Å². The van der Waals surface area contributed by atoms with Crippen LogP contribution in [-0.2, 0) is 5.41 Å². The lowest BCUT2D eigenvalue weighted by Gasteiger charge is -2.36. The Kier molecular flexibility index (Phi) is 6.01. The van der Waals surface area contributed by atoms with Crippen molar-refractivity contribution < 1.29 is 17.9 Å². The number of rotatable bonds is 3. The number of nitrogens with one attached hydrogen (secondary N) is 3. The van der Waals surface area contributed by atoms with Crippen molar-refractivity contribution in [3.8, 4) is 23.3 Å². The van der Waals surface area contributed by atoms with Crippen molar-refractivity contribution in [2.45, 2.75) is 31.5 Å². The van der Waals surface area contributed by atoms with Crippen LogP contribution in [0.4, 0.5) is 13.2 Å². The van der Waals surface area contributed by atoms with Crippen molar-refractivity contribution in [2.24, 2.45) is 0 Å². The van der Waals surface area contributed by atoms with E-state index in [0.717, 1.165) is 4.68 Å². The molecule has 3 aromatic heterocycles. The molecule has 0 spiro atoms. The van der Waals surface area contributed by atoms with Gasteiger partial charge < -0.3 is 15.0 Å². The third-order valence-electron chi connectivity index (χ3n) is 6.08. The van der Waals surface area contributed by atoms with Gasteiger partial charge in [-0.2, -0.15) is 23.1 Å². The Balaban J connectivity index is 1.56. The second kappa shape index (κ2) is 8.87. The molecular weight excluding hydrogens is 550 g/mol. The highest BCUT2D eigenvalue weighted by molar-refractivity contribution is 6.37. The Morgan fingerprint density at radius 3 is 2.50 bits per heavy atom. The van der Waals surface area contributed by atoms with E-state index in [1.165, 1.54) is 18.3 Å². The van der Waals surface area contributed by atoms with Gasteiger partial charge in [-0.3, -0.25) is 9.78 Å². The average molecular weight is 566 g/mol. The molecule has 15 heteroatoms. The molecule has 4 aromatic rings. The molecule has 1 unspecified atom stereocenters. The molecule has 1 aliphatic heterocycles. The number of ether oxygens (including phenoxy) is 1. The van der Waals surface area contributed by atoms with Crippen LogP contribution >= 0.6 is 23.2 Å². The fourth-order valence-electron chi connectivity index (χ4n) is 4.43. The molecular formula is C23H16Cl2F3N7O3. The first kappa shape index (κ1) is 25.8. The van der Waals surface area contributed by atoms with Crippen LogP contribution in [0, 0.1) is 11.3 Å². The number of hydrogen-bond donors (Lipinski definition) is 3. The monoisotopic (exact) mass is 565 g/mol. The van der Waals surface area contributed by atoms with Crippen LogP contribution in [0.1, 0.15) is 36.8 Å². The molecule has 1 atom stereocenters. The summed E-state index contributed by atoms with van der Waals surface area (Å²) < 4.78 is 47.7. The molecule has 0 saturated carbocycles. The molecule has 10 nitrogen and oxygen atoms in total. The lowest BCUT2D eigenvalue weighted by molar-refractivity contribution is -0.160. The third-order valence-corrected chi connectivity index (χ3v) is 6.64. The number of alkyl halides is 3. The number of benzene rings is 1. The van der Waals surface area contributed by atoms with E-state index in [1.807, 2.05) is 18.8 Å². The minimum atomic E-state index is -4.51. The molecule has 0 amide bonds. The maximum absolute atomic E-state index is 13.7. The number of nitrogens with zero attached hydrogens (tertiary/aromatic N) is 4. The number of aromatic amines is 2. The van der Waals surface area contributed by atoms with Crippen molar-refractivity contribution in [1.29, 1.82) is 5.26 Å². The van der Waals surface area contributed by atoms with E-state index in [-0.39, 0.29) is 45.1 Å². The first-order valence-corrected chi connectivity index (χ1v) is 11.7. The first-order chi connectivity index (χ1) is 17.8. The van der Waals surface area contributed by atoms with Crippen LogP contribution in [0.3, 0.4) is 0 Å². The second-order valence-electron chi connectivity index (χ2n) is 9.19. The van der Waals surface area contributed by atoms with Crippen molar-refractivity contribution in [3.05, 3.63) is 72.2 Å². The fraction of sp³-hybridized carbons (Fsp3) is 0.261. The molecule has 1 aromatic carbocycles. The molecule has 1 aliphatic rings. The van der Waals surface area contributed by atoms with Crippen molar-refractivity contribution in [2.75, 3.05) is 6.54 Å². The van der Waals surface area contributed by atoms with E-state index in [1.54, 1.807) is 12.1 Å². The number of pyridine rings is 1. The molecule has 0 saturated heterocycles. The van der Waals surface area contributed by atoms with E-state index in [9.17, 15) is 22.8 Å². The van der Waals surface area contributed by atoms with Crippen LogP contribution in [-0.4, -0.2) is 37.5 Å². The average Bonchev–Trinajstić information content (AvgIpc) is 3.20. The Bertz CT molecular complexity index is 1750. The van der Waals surface area contributed by atoms with Gasteiger partial charge in [0.1, 0.15) is 23.5 Å². The predicted octanol–water partition coefficient (Wildman–Crippen LogP) is 4.25. The van der Waals surface area contributed by atoms with Gasteiger partial charge in [0.15, 0.2) is 5.75 Å². The molecule has 3 N–H and O–H groups in total. The normalized spacial score (nSPS) is 16.7. The quantitative estimate of drug-likeness (QED) is 0.337. The topological polar surface area (TPSA) is 141 Å². The molecule has 38 heavy (non-hydrogen) atoms. The summed E-state index contributed by atoms with van der Waals surface area (Å²) in [6, 6.07) is 3.82. The summed E-state index contributed by atoms with van der Waals surface area (Å²) in [5, 5.41) is 15.6. The summed E-state index contributed by atoms with van der Waals surface area (Å²) in [7, 11) is 0. The van der Waals surface area contributed by atoms with Gasteiger partial charge in [-0.15, -0.1) is 5.10 Å². The lowest BCUT2D eigenvalue weighted by atomic mass is 9.78. The highest BCUT2D eigenvalue weighted by Crippen LogP contribution is 2.45.